The van der Waals surface area contributed by atoms with Crippen molar-refractivity contribution in [1.29, 1.82) is 5.26 Å². The van der Waals surface area contributed by atoms with E-state index in [2.05, 4.69) is 22.4 Å². The van der Waals surface area contributed by atoms with Gasteiger partial charge >= 0.3 is 0 Å². The maximum absolute atomic E-state index is 13.2. The molecule has 0 bridgehead atoms. The van der Waals surface area contributed by atoms with Gasteiger partial charge in [0, 0.05) is 29.2 Å². The number of anilines is 1. The number of hydrogen-bond acceptors (Lipinski definition) is 3. The molecular weight excluding hydrogens is 420 g/mol. The molecule has 1 amide bonds. The Bertz CT molecular complexity index is 1410. The van der Waals surface area contributed by atoms with Crippen LogP contribution in [-0.4, -0.2) is 16.7 Å². The summed E-state index contributed by atoms with van der Waals surface area (Å²) in [5.41, 5.74) is 3.72. The van der Waals surface area contributed by atoms with Crippen molar-refractivity contribution >= 4 is 45.9 Å². The normalized spacial score (nSPS) is 12.8. The molecule has 1 aliphatic rings. The van der Waals surface area contributed by atoms with Gasteiger partial charge in [0.05, 0.1) is 5.56 Å². The first-order chi connectivity index (χ1) is 15.6. The van der Waals surface area contributed by atoms with Crippen LogP contribution in [0.3, 0.4) is 0 Å². The van der Waals surface area contributed by atoms with Crippen LogP contribution in [0.15, 0.2) is 71.7 Å². The lowest BCUT2D eigenvalue weighted by molar-refractivity contribution is 0.101. The lowest BCUT2D eigenvalue weighted by Crippen LogP contribution is -2.16. The molecule has 6 heteroatoms. The standard InChI is InChI=1S/C26H19ClN4O/c27-20-9-11-21(12-10-20)30-26(32)25-24(22(15-28)23-6-3-13-31(23)25)29-16-17-7-8-18-4-1-2-5-19(18)14-17/h1-2,4-5,7-12,14,16H,3,6,13H2,(H,30,32). The van der Waals surface area contributed by atoms with Crippen molar-refractivity contribution in [1.82, 2.24) is 4.57 Å². The minimum absolute atomic E-state index is 0.289. The summed E-state index contributed by atoms with van der Waals surface area (Å²) in [6, 6.07) is 23.4. The van der Waals surface area contributed by atoms with Crippen molar-refractivity contribution < 1.29 is 4.79 Å². The highest BCUT2D eigenvalue weighted by Crippen LogP contribution is 2.35. The molecule has 0 aliphatic carbocycles. The van der Waals surface area contributed by atoms with Crippen LogP contribution >= 0.6 is 11.6 Å². The number of rotatable bonds is 4. The smallest absolute Gasteiger partial charge is 0.274 e. The van der Waals surface area contributed by atoms with Gasteiger partial charge in [-0.2, -0.15) is 5.26 Å². The molecule has 0 atom stereocenters. The van der Waals surface area contributed by atoms with Gasteiger partial charge in [-0.15, -0.1) is 0 Å². The highest BCUT2D eigenvalue weighted by Gasteiger charge is 2.29. The average molecular weight is 439 g/mol. The third-order valence-corrected chi connectivity index (χ3v) is 5.94. The average Bonchev–Trinajstić information content (AvgIpc) is 3.39. The van der Waals surface area contributed by atoms with Crippen LogP contribution in [0.4, 0.5) is 11.4 Å². The van der Waals surface area contributed by atoms with Gasteiger partial charge in [0.25, 0.3) is 5.91 Å². The number of nitriles is 1. The van der Waals surface area contributed by atoms with Gasteiger partial charge in [0.2, 0.25) is 0 Å². The molecule has 5 nitrogen and oxygen atoms in total. The summed E-state index contributed by atoms with van der Waals surface area (Å²) < 4.78 is 1.93. The minimum Gasteiger partial charge on any atom is -0.337 e. The summed E-state index contributed by atoms with van der Waals surface area (Å²) in [5, 5.41) is 15.6. The van der Waals surface area contributed by atoms with Crippen LogP contribution in [0.1, 0.15) is 33.7 Å². The maximum atomic E-state index is 13.2. The Labute approximate surface area is 190 Å². The lowest BCUT2D eigenvalue weighted by atomic mass is 10.1. The van der Waals surface area contributed by atoms with E-state index >= 15 is 0 Å². The van der Waals surface area contributed by atoms with Crippen LogP contribution in [0.25, 0.3) is 10.8 Å². The molecule has 0 unspecified atom stereocenters. The fourth-order valence-corrected chi connectivity index (χ4v) is 4.31. The lowest BCUT2D eigenvalue weighted by Gasteiger charge is -2.09. The van der Waals surface area contributed by atoms with E-state index in [1.54, 1.807) is 30.5 Å². The van der Waals surface area contributed by atoms with Crippen molar-refractivity contribution in [3.63, 3.8) is 0 Å². The first-order valence-electron chi connectivity index (χ1n) is 10.4. The van der Waals surface area contributed by atoms with Gasteiger partial charge in [0.1, 0.15) is 17.5 Å². The predicted octanol–water partition coefficient (Wildman–Crippen LogP) is 6.12. The third kappa shape index (κ3) is 3.66. The molecule has 2 heterocycles. The molecule has 0 radical (unpaired) electrons. The van der Waals surface area contributed by atoms with E-state index < -0.39 is 0 Å². The monoisotopic (exact) mass is 438 g/mol. The summed E-state index contributed by atoms with van der Waals surface area (Å²) >= 11 is 5.95. The minimum atomic E-state index is -0.289. The second-order valence-electron chi connectivity index (χ2n) is 7.71. The van der Waals surface area contributed by atoms with E-state index in [0.717, 1.165) is 34.9 Å². The number of hydrogen-bond donors (Lipinski definition) is 1. The van der Waals surface area contributed by atoms with Gasteiger partial charge in [-0.05, 0) is 59.5 Å². The molecule has 1 aromatic heterocycles. The Hall–Kier alpha value is -3.88. The number of aromatic nitrogens is 1. The topological polar surface area (TPSA) is 70.2 Å². The second kappa shape index (κ2) is 8.33. The van der Waals surface area contributed by atoms with Crippen LogP contribution in [0.2, 0.25) is 5.02 Å². The number of amides is 1. The summed E-state index contributed by atoms with van der Waals surface area (Å²) in [4.78, 5) is 17.9. The van der Waals surface area contributed by atoms with E-state index in [9.17, 15) is 10.1 Å². The zero-order chi connectivity index (χ0) is 22.1. The number of carbonyl (C=O) groups excluding carboxylic acids is 1. The number of aliphatic imine (C=N–C) groups is 1. The molecule has 0 fully saturated rings. The molecule has 32 heavy (non-hydrogen) atoms. The van der Waals surface area contributed by atoms with Crippen LogP contribution in [0, 0.1) is 11.3 Å². The Morgan fingerprint density at radius 1 is 1.09 bits per heavy atom. The summed E-state index contributed by atoms with van der Waals surface area (Å²) in [7, 11) is 0. The van der Waals surface area contributed by atoms with Gasteiger partial charge in [0.15, 0.2) is 0 Å². The zero-order valence-corrected chi connectivity index (χ0v) is 17.9. The van der Waals surface area contributed by atoms with Gasteiger partial charge in [-0.25, -0.2) is 0 Å². The highest BCUT2D eigenvalue weighted by molar-refractivity contribution is 6.30. The van der Waals surface area contributed by atoms with E-state index in [0.29, 0.717) is 34.2 Å². The molecule has 0 saturated carbocycles. The predicted molar refractivity (Wildman–Crippen MR) is 128 cm³/mol. The Kier molecular flexibility index (Phi) is 5.22. The van der Waals surface area contributed by atoms with E-state index in [4.69, 9.17) is 11.6 Å². The molecule has 1 N–H and O–H groups in total. The number of carbonyl (C=O) groups is 1. The second-order valence-corrected chi connectivity index (χ2v) is 8.15. The van der Waals surface area contributed by atoms with Gasteiger partial charge < -0.3 is 9.88 Å². The Balaban J connectivity index is 1.55. The SMILES string of the molecule is N#Cc1c(N=Cc2ccc3ccccc3c2)c(C(=O)Nc2ccc(Cl)cc2)n2c1CCC2. The number of fused-ring (bicyclic) bond motifs is 2. The van der Waals surface area contributed by atoms with E-state index in [1.165, 1.54) is 0 Å². The number of halogens is 1. The first-order valence-corrected chi connectivity index (χ1v) is 10.8. The fraction of sp³-hybridized carbons (Fsp3) is 0.115. The van der Waals surface area contributed by atoms with Crippen molar-refractivity contribution in [2.24, 2.45) is 4.99 Å². The largest absolute Gasteiger partial charge is 0.337 e. The maximum Gasteiger partial charge on any atom is 0.274 e. The number of benzene rings is 3. The third-order valence-electron chi connectivity index (χ3n) is 5.69. The van der Waals surface area contributed by atoms with Crippen molar-refractivity contribution in [3.05, 3.63) is 94.3 Å². The Morgan fingerprint density at radius 2 is 1.88 bits per heavy atom. The molecule has 3 aromatic carbocycles. The molecule has 4 aromatic rings. The molecule has 5 rings (SSSR count). The fourth-order valence-electron chi connectivity index (χ4n) is 4.19. The van der Waals surface area contributed by atoms with Crippen LogP contribution in [-0.2, 0) is 13.0 Å². The molecule has 0 saturated heterocycles. The first kappa shape index (κ1) is 20.0. The molecule has 156 valence electrons. The summed E-state index contributed by atoms with van der Waals surface area (Å²) in [5.74, 6) is -0.289. The molecular formula is C26H19ClN4O. The summed E-state index contributed by atoms with van der Waals surface area (Å²) in [6.07, 6.45) is 3.38. The molecule has 1 aliphatic heterocycles. The van der Waals surface area contributed by atoms with E-state index in [-0.39, 0.29) is 5.91 Å². The number of nitrogens with one attached hydrogen (secondary N) is 1. The van der Waals surface area contributed by atoms with Crippen LogP contribution in [0.5, 0.6) is 0 Å². The van der Waals surface area contributed by atoms with Crippen molar-refractivity contribution in [2.45, 2.75) is 19.4 Å². The quantitative estimate of drug-likeness (QED) is 0.390. The van der Waals surface area contributed by atoms with Gasteiger partial charge in [-0.1, -0.05) is 48.0 Å². The zero-order valence-electron chi connectivity index (χ0n) is 17.2. The highest BCUT2D eigenvalue weighted by atomic mass is 35.5. The van der Waals surface area contributed by atoms with E-state index in [1.807, 2.05) is 41.0 Å². The van der Waals surface area contributed by atoms with Gasteiger partial charge in [-0.3, -0.25) is 9.79 Å². The van der Waals surface area contributed by atoms with Crippen molar-refractivity contribution in [2.75, 3.05) is 5.32 Å². The number of nitrogens with zero attached hydrogens (tertiary/aromatic N) is 3. The Morgan fingerprint density at radius 3 is 2.66 bits per heavy atom. The molecule has 0 spiro atoms. The summed E-state index contributed by atoms with van der Waals surface area (Å²) in [6.45, 7) is 0.693. The van der Waals surface area contributed by atoms with Crippen LogP contribution < -0.4 is 5.32 Å². The van der Waals surface area contributed by atoms with Crippen molar-refractivity contribution in [3.8, 4) is 6.07 Å².